The predicted octanol–water partition coefficient (Wildman–Crippen LogP) is 5.97. The van der Waals surface area contributed by atoms with Crippen LogP contribution in [0, 0.1) is 0 Å². The van der Waals surface area contributed by atoms with Crippen LogP contribution in [-0.4, -0.2) is 5.11 Å². The quantitative estimate of drug-likeness (QED) is 0.440. The first-order valence-corrected chi connectivity index (χ1v) is 9.23. The molecule has 0 radical (unpaired) electrons. The fourth-order valence-corrected chi connectivity index (χ4v) is 3.95. The highest BCUT2D eigenvalue weighted by Gasteiger charge is 2.36. The molecule has 4 rings (SSSR count). The van der Waals surface area contributed by atoms with E-state index in [9.17, 15) is 5.11 Å². The van der Waals surface area contributed by atoms with Crippen molar-refractivity contribution in [2.45, 2.75) is 11.8 Å². The minimum Gasteiger partial charge on any atom is -0.508 e. The maximum absolute atomic E-state index is 10.0. The third-order valence-corrected chi connectivity index (χ3v) is 5.18. The third-order valence-electron chi connectivity index (χ3n) is 5.18. The Labute approximate surface area is 160 Å². The second-order valence-corrected chi connectivity index (χ2v) is 6.85. The first-order chi connectivity index (χ1) is 13.3. The molecule has 0 aliphatic rings. The van der Waals surface area contributed by atoms with Crippen molar-refractivity contribution in [3.05, 3.63) is 138 Å². The van der Waals surface area contributed by atoms with E-state index in [1.54, 1.807) is 6.07 Å². The van der Waals surface area contributed by atoms with Gasteiger partial charge in [-0.1, -0.05) is 103 Å². The van der Waals surface area contributed by atoms with Crippen molar-refractivity contribution >= 4 is 0 Å². The van der Waals surface area contributed by atoms with Crippen LogP contribution in [0.15, 0.2) is 115 Å². The molecule has 0 saturated carbocycles. The lowest BCUT2D eigenvalue weighted by Crippen LogP contribution is -2.32. The number of phenolic OH excluding ortho intramolecular Hbond substituents is 1. The number of aromatic hydroxyl groups is 1. The molecule has 1 N–H and O–H groups in total. The number of hydrogen-bond acceptors (Lipinski definition) is 1. The smallest absolute Gasteiger partial charge is 0.115 e. The summed E-state index contributed by atoms with van der Waals surface area (Å²) in [6, 6.07) is 39.5. The van der Waals surface area contributed by atoms with Gasteiger partial charge in [-0.25, -0.2) is 0 Å². The molecule has 0 unspecified atom stereocenters. The van der Waals surface area contributed by atoms with Gasteiger partial charge in [-0.2, -0.15) is 0 Å². The molecule has 0 bridgehead atoms. The van der Waals surface area contributed by atoms with Crippen LogP contribution in [0.5, 0.6) is 5.75 Å². The predicted molar refractivity (Wildman–Crippen MR) is 111 cm³/mol. The monoisotopic (exact) mass is 350 g/mol. The van der Waals surface area contributed by atoms with Crippen LogP contribution >= 0.6 is 0 Å². The Morgan fingerprint density at radius 3 is 1.37 bits per heavy atom. The minimum absolute atomic E-state index is 0.301. The average Bonchev–Trinajstić information content (AvgIpc) is 2.74. The van der Waals surface area contributed by atoms with Gasteiger partial charge in [-0.3, -0.25) is 0 Å². The van der Waals surface area contributed by atoms with Gasteiger partial charge >= 0.3 is 0 Å². The van der Waals surface area contributed by atoms with E-state index in [4.69, 9.17) is 0 Å². The zero-order chi connectivity index (χ0) is 18.5. The lowest BCUT2D eigenvalue weighted by molar-refractivity contribution is 0.473. The number of phenols is 1. The summed E-state index contributed by atoms with van der Waals surface area (Å²) in [6.07, 6.45) is 0.763. The van der Waals surface area contributed by atoms with Gasteiger partial charge in [0, 0.05) is 5.41 Å². The fraction of sp³-hybridized carbons (Fsp3) is 0.0769. The topological polar surface area (TPSA) is 20.2 Å². The van der Waals surface area contributed by atoms with Gasteiger partial charge in [0.25, 0.3) is 0 Å². The standard InChI is InChI=1S/C26H22O/c27-25-18-10-11-21(19-25)20-26(22-12-4-1-5-13-22,23-14-6-2-7-15-23)24-16-8-3-9-17-24/h1-19,27H,20H2. The van der Waals surface area contributed by atoms with Gasteiger partial charge < -0.3 is 5.11 Å². The molecule has 4 aromatic rings. The van der Waals surface area contributed by atoms with E-state index >= 15 is 0 Å². The van der Waals surface area contributed by atoms with Gasteiger partial charge in [0.2, 0.25) is 0 Å². The minimum atomic E-state index is -0.336. The molecule has 0 spiro atoms. The summed E-state index contributed by atoms with van der Waals surface area (Å²) in [6.45, 7) is 0. The highest BCUT2D eigenvalue weighted by molar-refractivity contribution is 5.52. The SMILES string of the molecule is Oc1cccc(CC(c2ccccc2)(c2ccccc2)c2ccccc2)c1. The molecular formula is C26H22O. The molecule has 0 fully saturated rings. The van der Waals surface area contributed by atoms with Crippen molar-refractivity contribution < 1.29 is 5.11 Å². The van der Waals surface area contributed by atoms with Gasteiger partial charge in [0.15, 0.2) is 0 Å². The van der Waals surface area contributed by atoms with Crippen LogP contribution in [0.25, 0.3) is 0 Å². The summed E-state index contributed by atoms with van der Waals surface area (Å²) in [5.41, 5.74) is 4.49. The second kappa shape index (κ2) is 7.51. The lowest BCUT2D eigenvalue weighted by Gasteiger charge is -2.36. The molecular weight excluding hydrogens is 328 g/mol. The molecule has 1 nitrogen and oxygen atoms in total. The summed E-state index contributed by atoms with van der Waals surface area (Å²) >= 11 is 0. The molecule has 1 heteroatoms. The Morgan fingerprint density at radius 1 is 0.519 bits per heavy atom. The summed E-state index contributed by atoms with van der Waals surface area (Å²) in [5, 5.41) is 10.0. The van der Waals surface area contributed by atoms with E-state index in [1.165, 1.54) is 16.7 Å². The molecule has 132 valence electrons. The van der Waals surface area contributed by atoms with E-state index in [1.807, 2.05) is 12.1 Å². The Hall–Kier alpha value is -3.32. The number of benzene rings is 4. The normalized spacial score (nSPS) is 11.3. The van der Waals surface area contributed by atoms with Crippen molar-refractivity contribution in [3.8, 4) is 5.75 Å². The number of rotatable bonds is 5. The molecule has 0 heterocycles. The van der Waals surface area contributed by atoms with E-state index in [-0.39, 0.29) is 5.41 Å². The van der Waals surface area contributed by atoms with Crippen molar-refractivity contribution in [2.24, 2.45) is 0 Å². The Balaban J connectivity index is 2.00. The van der Waals surface area contributed by atoms with Gasteiger partial charge in [0.1, 0.15) is 5.75 Å². The lowest BCUT2D eigenvalue weighted by atomic mass is 9.66. The van der Waals surface area contributed by atoms with Crippen LogP contribution in [0.4, 0.5) is 0 Å². The maximum atomic E-state index is 10.0. The van der Waals surface area contributed by atoms with Crippen LogP contribution < -0.4 is 0 Å². The Bertz CT molecular complexity index is 895. The van der Waals surface area contributed by atoms with Crippen LogP contribution in [0.1, 0.15) is 22.3 Å². The first kappa shape index (κ1) is 17.1. The number of hydrogen-bond donors (Lipinski definition) is 1. The van der Waals surface area contributed by atoms with Gasteiger partial charge in [0.05, 0.1) is 0 Å². The maximum Gasteiger partial charge on any atom is 0.115 e. The summed E-state index contributed by atoms with van der Waals surface area (Å²) in [5.74, 6) is 0.301. The second-order valence-electron chi connectivity index (χ2n) is 6.85. The van der Waals surface area contributed by atoms with Crippen molar-refractivity contribution in [2.75, 3.05) is 0 Å². The zero-order valence-electron chi connectivity index (χ0n) is 15.1. The summed E-state index contributed by atoms with van der Waals surface area (Å²) < 4.78 is 0. The van der Waals surface area contributed by atoms with E-state index in [0.29, 0.717) is 5.75 Å². The fourth-order valence-electron chi connectivity index (χ4n) is 3.95. The highest BCUT2D eigenvalue weighted by Crippen LogP contribution is 2.42. The molecule has 4 aromatic carbocycles. The Kier molecular flexibility index (Phi) is 4.76. The molecule has 0 saturated heterocycles. The van der Waals surface area contributed by atoms with E-state index in [2.05, 4.69) is 97.1 Å². The van der Waals surface area contributed by atoms with Crippen LogP contribution in [0.3, 0.4) is 0 Å². The van der Waals surface area contributed by atoms with Crippen molar-refractivity contribution in [1.29, 1.82) is 0 Å². The first-order valence-electron chi connectivity index (χ1n) is 9.23. The molecule has 0 aliphatic heterocycles. The molecule has 0 amide bonds. The third kappa shape index (κ3) is 3.37. The van der Waals surface area contributed by atoms with Crippen molar-refractivity contribution in [1.82, 2.24) is 0 Å². The molecule has 0 aliphatic carbocycles. The zero-order valence-corrected chi connectivity index (χ0v) is 15.1. The van der Waals surface area contributed by atoms with E-state index in [0.717, 1.165) is 12.0 Å². The molecule has 27 heavy (non-hydrogen) atoms. The summed E-state index contributed by atoms with van der Waals surface area (Å²) in [7, 11) is 0. The average molecular weight is 350 g/mol. The summed E-state index contributed by atoms with van der Waals surface area (Å²) in [4.78, 5) is 0. The molecule has 0 aromatic heterocycles. The molecule has 0 atom stereocenters. The van der Waals surface area contributed by atoms with Crippen molar-refractivity contribution in [3.63, 3.8) is 0 Å². The van der Waals surface area contributed by atoms with Crippen LogP contribution in [0.2, 0.25) is 0 Å². The largest absolute Gasteiger partial charge is 0.508 e. The van der Waals surface area contributed by atoms with E-state index < -0.39 is 0 Å². The van der Waals surface area contributed by atoms with Crippen LogP contribution in [-0.2, 0) is 11.8 Å². The van der Waals surface area contributed by atoms with Gasteiger partial charge in [-0.05, 0) is 40.8 Å². The highest BCUT2D eigenvalue weighted by atomic mass is 16.3. The van der Waals surface area contributed by atoms with Gasteiger partial charge in [-0.15, -0.1) is 0 Å². The Morgan fingerprint density at radius 2 is 0.963 bits per heavy atom.